The highest BCUT2D eigenvalue weighted by atomic mass is 19.4. The Morgan fingerprint density at radius 2 is 1.69 bits per heavy atom. The third-order valence-electron chi connectivity index (χ3n) is 2.22. The van der Waals surface area contributed by atoms with Crippen molar-refractivity contribution >= 4 is 0 Å². The van der Waals surface area contributed by atoms with Crippen molar-refractivity contribution in [2.75, 3.05) is 19.8 Å². The Hall–Kier alpha value is -0.290. The Kier molecular flexibility index (Phi) is 8.66. The molecule has 0 radical (unpaired) electrons. The molecule has 0 aliphatic heterocycles. The quantitative estimate of drug-likeness (QED) is 0.626. The zero-order chi connectivity index (χ0) is 12.4. The van der Waals surface area contributed by atoms with Gasteiger partial charge in [0.2, 0.25) is 0 Å². The fourth-order valence-electron chi connectivity index (χ4n) is 1.57. The molecule has 0 rings (SSSR count). The molecule has 5 heteroatoms. The molecule has 0 atom stereocenters. The summed E-state index contributed by atoms with van der Waals surface area (Å²) in [7, 11) is 0. The molecular formula is C11H22F3NO. The first kappa shape index (κ1) is 15.7. The Labute approximate surface area is 95.5 Å². The number of hydrogen-bond donors (Lipinski definition) is 1. The van der Waals surface area contributed by atoms with Crippen LogP contribution in [0.3, 0.4) is 0 Å². The fraction of sp³-hybridized carbons (Fsp3) is 1.00. The molecule has 0 unspecified atom stereocenters. The van der Waals surface area contributed by atoms with Crippen molar-refractivity contribution in [3.63, 3.8) is 0 Å². The van der Waals surface area contributed by atoms with Gasteiger partial charge < -0.3 is 10.1 Å². The van der Waals surface area contributed by atoms with Gasteiger partial charge >= 0.3 is 6.18 Å². The molecule has 16 heavy (non-hydrogen) atoms. The molecular weight excluding hydrogens is 219 g/mol. The Balaban J connectivity index is 3.46. The van der Waals surface area contributed by atoms with E-state index in [1.54, 1.807) is 0 Å². The third kappa shape index (κ3) is 10.2. The summed E-state index contributed by atoms with van der Waals surface area (Å²) in [6.07, 6.45) is 0.0780. The summed E-state index contributed by atoms with van der Waals surface area (Å²) in [6.45, 7) is 3.65. The van der Waals surface area contributed by atoms with E-state index in [9.17, 15) is 13.2 Å². The molecule has 0 saturated heterocycles. The second-order valence-corrected chi connectivity index (χ2v) is 3.90. The van der Waals surface area contributed by atoms with Crippen molar-refractivity contribution in [3.05, 3.63) is 0 Å². The van der Waals surface area contributed by atoms with Crippen molar-refractivity contribution in [1.29, 1.82) is 0 Å². The van der Waals surface area contributed by atoms with Crippen LogP contribution >= 0.6 is 0 Å². The van der Waals surface area contributed by atoms with Crippen LogP contribution in [0.15, 0.2) is 0 Å². The predicted octanol–water partition coefficient (Wildman–Crippen LogP) is 3.12. The molecule has 0 heterocycles. The summed E-state index contributed by atoms with van der Waals surface area (Å²) >= 11 is 0. The molecule has 0 amide bonds. The lowest BCUT2D eigenvalue weighted by atomic mass is 10.1. The summed E-state index contributed by atoms with van der Waals surface area (Å²) in [5.74, 6) is 0. The van der Waals surface area contributed by atoms with Crippen molar-refractivity contribution < 1.29 is 17.9 Å². The topological polar surface area (TPSA) is 21.3 Å². The summed E-state index contributed by atoms with van der Waals surface area (Å²) in [5, 5.41) is 3.22. The van der Waals surface area contributed by atoms with Gasteiger partial charge in [0.15, 0.2) is 0 Å². The minimum Gasteiger partial charge on any atom is -0.371 e. The molecule has 0 saturated carbocycles. The maximum atomic E-state index is 11.7. The Morgan fingerprint density at radius 1 is 1.12 bits per heavy atom. The van der Waals surface area contributed by atoms with Crippen LogP contribution in [0.4, 0.5) is 13.2 Å². The van der Waals surface area contributed by atoms with Crippen molar-refractivity contribution in [2.45, 2.75) is 51.7 Å². The lowest BCUT2D eigenvalue weighted by Gasteiger charge is -2.17. The predicted molar refractivity (Wildman–Crippen MR) is 58.5 cm³/mol. The van der Waals surface area contributed by atoms with Gasteiger partial charge in [-0.05, 0) is 12.8 Å². The molecule has 1 N–H and O–H groups in total. The highest BCUT2D eigenvalue weighted by molar-refractivity contribution is 4.65. The van der Waals surface area contributed by atoms with Crippen LogP contribution in [0.1, 0.15) is 39.5 Å². The summed E-state index contributed by atoms with van der Waals surface area (Å²) in [5.41, 5.74) is 0. The lowest BCUT2D eigenvalue weighted by Crippen LogP contribution is -2.32. The smallest absolute Gasteiger partial charge is 0.371 e. The minimum absolute atomic E-state index is 0.115. The van der Waals surface area contributed by atoms with E-state index in [0.29, 0.717) is 12.6 Å². The molecule has 98 valence electrons. The highest BCUT2D eigenvalue weighted by Crippen LogP contribution is 2.14. The molecule has 0 bridgehead atoms. The largest absolute Gasteiger partial charge is 0.411 e. The van der Waals surface area contributed by atoms with Crippen LogP contribution in [-0.2, 0) is 4.74 Å². The van der Waals surface area contributed by atoms with E-state index < -0.39 is 12.8 Å². The molecule has 2 nitrogen and oxygen atoms in total. The second-order valence-electron chi connectivity index (χ2n) is 3.90. The molecule has 0 aromatic heterocycles. The van der Waals surface area contributed by atoms with E-state index in [0.717, 1.165) is 25.7 Å². The summed E-state index contributed by atoms with van der Waals surface area (Å²) in [4.78, 5) is 0. The molecule has 0 fully saturated rings. The van der Waals surface area contributed by atoms with E-state index >= 15 is 0 Å². The van der Waals surface area contributed by atoms with E-state index in [2.05, 4.69) is 23.9 Å². The van der Waals surface area contributed by atoms with Gasteiger partial charge in [-0.1, -0.05) is 26.7 Å². The van der Waals surface area contributed by atoms with Crippen LogP contribution < -0.4 is 5.32 Å². The van der Waals surface area contributed by atoms with Crippen molar-refractivity contribution in [1.82, 2.24) is 5.32 Å². The second kappa shape index (κ2) is 8.82. The maximum absolute atomic E-state index is 11.7. The van der Waals surface area contributed by atoms with Gasteiger partial charge in [-0.2, -0.15) is 13.2 Å². The standard InChI is InChI=1S/C11H22F3NO/c1-3-5-10(6-4-2)15-7-8-16-9-11(12,13)14/h10,15H,3-9H2,1-2H3. The zero-order valence-electron chi connectivity index (χ0n) is 10.1. The monoisotopic (exact) mass is 241 g/mol. The number of halogens is 3. The van der Waals surface area contributed by atoms with Gasteiger partial charge in [0.25, 0.3) is 0 Å². The SMILES string of the molecule is CCCC(CCC)NCCOCC(F)(F)F. The molecule has 0 aromatic carbocycles. The van der Waals surface area contributed by atoms with Crippen LogP contribution in [0.25, 0.3) is 0 Å². The van der Waals surface area contributed by atoms with Crippen LogP contribution in [0, 0.1) is 0 Å². The van der Waals surface area contributed by atoms with Gasteiger partial charge in [0.05, 0.1) is 6.61 Å². The number of rotatable bonds is 9. The van der Waals surface area contributed by atoms with Crippen LogP contribution in [-0.4, -0.2) is 32.0 Å². The van der Waals surface area contributed by atoms with Gasteiger partial charge in [-0.3, -0.25) is 0 Å². The first-order valence-electron chi connectivity index (χ1n) is 5.87. The Morgan fingerprint density at radius 3 is 2.12 bits per heavy atom. The number of nitrogens with one attached hydrogen (secondary N) is 1. The average molecular weight is 241 g/mol. The third-order valence-corrected chi connectivity index (χ3v) is 2.22. The minimum atomic E-state index is -4.22. The fourth-order valence-corrected chi connectivity index (χ4v) is 1.57. The van der Waals surface area contributed by atoms with E-state index in [4.69, 9.17) is 0 Å². The summed E-state index contributed by atoms with van der Waals surface area (Å²) in [6, 6.07) is 0.407. The van der Waals surface area contributed by atoms with E-state index in [1.807, 2.05) is 0 Å². The van der Waals surface area contributed by atoms with Gasteiger partial charge in [0.1, 0.15) is 6.61 Å². The Bertz CT molecular complexity index is 156. The molecule has 0 aromatic rings. The molecule has 0 aliphatic carbocycles. The van der Waals surface area contributed by atoms with E-state index in [-0.39, 0.29) is 6.61 Å². The van der Waals surface area contributed by atoms with Crippen LogP contribution in [0.2, 0.25) is 0 Å². The van der Waals surface area contributed by atoms with Gasteiger partial charge in [-0.15, -0.1) is 0 Å². The molecule has 0 spiro atoms. The number of alkyl halides is 3. The van der Waals surface area contributed by atoms with Crippen LogP contribution in [0.5, 0.6) is 0 Å². The normalized spacial score (nSPS) is 12.4. The number of ether oxygens (including phenoxy) is 1. The molecule has 0 aliphatic rings. The van der Waals surface area contributed by atoms with Crippen molar-refractivity contribution in [3.8, 4) is 0 Å². The first-order valence-corrected chi connectivity index (χ1v) is 5.87. The van der Waals surface area contributed by atoms with E-state index in [1.165, 1.54) is 0 Å². The average Bonchev–Trinajstić information content (AvgIpc) is 2.16. The zero-order valence-corrected chi connectivity index (χ0v) is 10.1. The lowest BCUT2D eigenvalue weighted by molar-refractivity contribution is -0.173. The summed E-state index contributed by atoms with van der Waals surface area (Å²) < 4.78 is 39.7. The van der Waals surface area contributed by atoms with Crippen molar-refractivity contribution in [2.24, 2.45) is 0 Å². The highest BCUT2D eigenvalue weighted by Gasteiger charge is 2.27. The number of hydrogen-bond acceptors (Lipinski definition) is 2. The maximum Gasteiger partial charge on any atom is 0.411 e. The van der Waals surface area contributed by atoms with Gasteiger partial charge in [-0.25, -0.2) is 0 Å². The van der Waals surface area contributed by atoms with Gasteiger partial charge in [0, 0.05) is 12.6 Å². The first-order chi connectivity index (χ1) is 7.49.